The SMILES string of the molecule is O=C(CCC(=O)N1CCN(C(=O)c2cc3ccccc3[nH]2)CC1)NC[C@@H](O)c1ccccc1. The van der Waals surface area contributed by atoms with Crippen LogP contribution in [0.5, 0.6) is 0 Å². The van der Waals surface area contributed by atoms with Crippen LogP contribution in [0.1, 0.15) is 35.0 Å². The number of amides is 3. The maximum Gasteiger partial charge on any atom is 0.270 e. The molecule has 0 aliphatic carbocycles. The van der Waals surface area contributed by atoms with Gasteiger partial charge in [-0.2, -0.15) is 0 Å². The van der Waals surface area contributed by atoms with E-state index in [-0.39, 0.29) is 37.1 Å². The third kappa shape index (κ3) is 5.59. The molecule has 2 aromatic carbocycles. The first-order valence-electron chi connectivity index (χ1n) is 11.2. The molecule has 2 heterocycles. The Kier molecular flexibility index (Phi) is 7.04. The number of fused-ring (bicyclic) bond motifs is 1. The second-order valence-corrected chi connectivity index (χ2v) is 8.17. The summed E-state index contributed by atoms with van der Waals surface area (Å²) in [5.74, 6) is -0.452. The van der Waals surface area contributed by atoms with Gasteiger partial charge in [-0.05, 0) is 17.7 Å². The fourth-order valence-electron chi connectivity index (χ4n) is 3.99. The number of aromatic nitrogens is 1. The van der Waals surface area contributed by atoms with Gasteiger partial charge in [0.1, 0.15) is 5.69 Å². The number of benzene rings is 2. The van der Waals surface area contributed by atoms with Crippen molar-refractivity contribution in [3.05, 3.63) is 71.9 Å². The van der Waals surface area contributed by atoms with Gasteiger partial charge in [0, 0.05) is 56.5 Å². The Morgan fingerprint density at radius 3 is 2.30 bits per heavy atom. The minimum atomic E-state index is -0.784. The summed E-state index contributed by atoms with van der Waals surface area (Å²) >= 11 is 0. The van der Waals surface area contributed by atoms with E-state index in [0.29, 0.717) is 31.9 Å². The Morgan fingerprint density at radius 2 is 1.58 bits per heavy atom. The van der Waals surface area contributed by atoms with Crippen molar-refractivity contribution < 1.29 is 19.5 Å². The second-order valence-electron chi connectivity index (χ2n) is 8.17. The fourth-order valence-corrected chi connectivity index (χ4v) is 3.99. The van der Waals surface area contributed by atoms with Crippen LogP contribution in [0.15, 0.2) is 60.7 Å². The van der Waals surface area contributed by atoms with Gasteiger partial charge in [0.2, 0.25) is 11.8 Å². The van der Waals surface area contributed by atoms with Crippen molar-refractivity contribution in [1.29, 1.82) is 0 Å². The van der Waals surface area contributed by atoms with E-state index in [1.54, 1.807) is 21.9 Å². The standard InChI is InChI=1S/C25H28N4O4/c30-22(18-6-2-1-3-7-18)17-26-23(31)10-11-24(32)28-12-14-29(15-13-28)25(33)21-16-19-8-4-5-9-20(19)27-21/h1-9,16,22,27,30H,10-15,17H2,(H,26,31)/t22-/m1/s1. The average molecular weight is 449 g/mol. The smallest absolute Gasteiger partial charge is 0.270 e. The molecule has 1 fully saturated rings. The minimum Gasteiger partial charge on any atom is -0.387 e. The monoisotopic (exact) mass is 448 g/mol. The molecule has 8 heteroatoms. The molecule has 3 aromatic rings. The van der Waals surface area contributed by atoms with E-state index in [2.05, 4.69) is 10.3 Å². The normalized spacial score (nSPS) is 14.8. The molecule has 0 saturated carbocycles. The molecule has 172 valence electrons. The quantitative estimate of drug-likeness (QED) is 0.515. The number of carbonyl (C=O) groups is 3. The highest BCUT2D eigenvalue weighted by molar-refractivity contribution is 5.98. The molecule has 0 spiro atoms. The zero-order chi connectivity index (χ0) is 23.2. The molecule has 0 bridgehead atoms. The fraction of sp³-hybridized carbons (Fsp3) is 0.320. The molecule has 3 amide bonds. The lowest BCUT2D eigenvalue weighted by Crippen LogP contribution is -2.50. The Hall–Kier alpha value is -3.65. The van der Waals surface area contributed by atoms with Crippen molar-refractivity contribution in [2.45, 2.75) is 18.9 Å². The summed E-state index contributed by atoms with van der Waals surface area (Å²) in [6, 6.07) is 18.7. The first-order valence-corrected chi connectivity index (χ1v) is 11.2. The number of nitrogens with one attached hydrogen (secondary N) is 2. The number of piperazine rings is 1. The van der Waals surface area contributed by atoms with Crippen molar-refractivity contribution in [2.75, 3.05) is 32.7 Å². The number of aliphatic hydroxyl groups is 1. The summed E-state index contributed by atoms with van der Waals surface area (Å²) in [4.78, 5) is 44.0. The molecule has 3 N–H and O–H groups in total. The molecule has 8 nitrogen and oxygen atoms in total. The van der Waals surface area contributed by atoms with E-state index in [0.717, 1.165) is 16.5 Å². The van der Waals surface area contributed by atoms with Crippen molar-refractivity contribution in [2.24, 2.45) is 0 Å². The maximum atomic E-state index is 12.8. The highest BCUT2D eigenvalue weighted by atomic mass is 16.3. The number of aliphatic hydroxyl groups excluding tert-OH is 1. The van der Waals surface area contributed by atoms with Crippen LogP contribution in [0, 0.1) is 0 Å². The van der Waals surface area contributed by atoms with Gasteiger partial charge < -0.3 is 25.2 Å². The molecule has 33 heavy (non-hydrogen) atoms. The van der Waals surface area contributed by atoms with Crippen LogP contribution in [0.2, 0.25) is 0 Å². The maximum absolute atomic E-state index is 12.8. The zero-order valence-corrected chi connectivity index (χ0v) is 18.4. The van der Waals surface area contributed by atoms with Gasteiger partial charge in [0.05, 0.1) is 6.10 Å². The number of aromatic amines is 1. The van der Waals surface area contributed by atoms with Crippen LogP contribution >= 0.6 is 0 Å². The number of H-pyrrole nitrogens is 1. The lowest BCUT2D eigenvalue weighted by atomic mass is 10.1. The Labute approximate surface area is 192 Å². The van der Waals surface area contributed by atoms with Gasteiger partial charge in [-0.25, -0.2) is 0 Å². The molecule has 4 rings (SSSR count). The van der Waals surface area contributed by atoms with Crippen LogP contribution in [0.4, 0.5) is 0 Å². The van der Waals surface area contributed by atoms with Crippen LogP contribution in [-0.4, -0.2) is 70.3 Å². The van der Waals surface area contributed by atoms with E-state index < -0.39 is 6.10 Å². The number of carbonyl (C=O) groups excluding carboxylic acids is 3. The van der Waals surface area contributed by atoms with Gasteiger partial charge >= 0.3 is 0 Å². The first kappa shape index (κ1) is 22.5. The molecule has 0 unspecified atom stereocenters. The summed E-state index contributed by atoms with van der Waals surface area (Å²) in [6.45, 7) is 1.90. The van der Waals surface area contributed by atoms with Crippen LogP contribution in [0.3, 0.4) is 0 Å². The highest BCUT2D eigenvalue weighted by Crippen LogP contribution is 2.17. The van der Waals surface area contributed by atoms with E-state index in [1.165, 1.54) is 0 Å². The first-order chi connectivity index (χ1) is 16.0. The number of hydrogen-bond donors (Lipinski definition) is 3. The van der Waals surface area contributed by atoms with Crippen LogP contribution < -0.4 is 5.32 Å². The number of nitrogens with zero attached hydrogens (tertiary/aromatic N) is 2. The topological polar surface area (TPSA) is 106 Å². The van der Waals surface area contributed by atoms with E-state index in [4.69, 9.17) is 0 Å². The second kappa shape index (κ2) is 10.3. The van der Waals surface area contributed by atoms with Crippen molar-refractivity contribution in [3.8, 4) is 0 Å². The summed E-state index contributed by atoms with van der Waals surface area (Å²) in [5, 5.41) is 13.8. The molecular formula is C25H28N4O4. The molecule has 1 aromatic heterocycles. The van der Waals surface area contributed by atoms with Gasteiger partial charge in [-0.15, -0.1) is 0 Å². The van der Waals surface area contributed by atoms with E-state index >= 15 is 0 Å². The Balaban J connectivity index is 1.19. The molecular weight excluding hydrogens is 420 g/mol. The minimum absolute atomic E-state index is 0.0640. The number of hydrogen-bond acceptors (Lipinski definition) is 4. The highest BCUT2D eigenvalue weighted by Gasteiger charge is 2.26. The molecule has 1 aliphatic heterocycles. The Morgan fingerprint density at radius 1 is 0.909 bits per heavy atom. The van der Waals surface area contributed by atoms with Crippen molar-refractivity contribution in [1.82, 2.24) is 20.1 Å². The van der Waals surface area contributed by atoms with Gasteiger partial charge in [-0.1, -0.05) is 48.5 Å². The molecule has 1 atom stereocenters. The summed E-state index contributed by atoms with van der Waals surface area (Å²) in [5.41, 5.74) is 2.20. The summed E-state index contributed by atoms with van der Waals surface area (Å²) in [7, 11) is 0. The van der Waals surface area contributed by atoms with Gasteiger partial charge in [-0.3, -0.25) is 14.4 Å². The molecule has 1 aliphatic rings. The van der Waals surface area contributed by atoms with Crippen LogP contribution in [0.25, 0.3) is 10.9 Å². The predicted molar refractivity (Wildman–Crippen MR) is 124 cm³/mol. The Bertz CT molecular complexity index is 1090. The molecule has 0 radical (unpaired) electrons. The van der Waals surface area contributed by atoms with E-state index in [1.807, 2.05) is 48.5 Å². The summed E-state index contributed by atoms with van der Waals surface area (Å²) in [6.07, 6.45) is -0.619. The predicted octanol–water partition coefficient (Wildman–Crippen LogP) is 2.08. The van der Waals surface area contributed by atoms with Crippen molar-refractivity contribution in [3.63, 3.8) is 0 Å². The van der Waals surface area contributed by atoms with Crippen LogP contribution in [-0.2, 0) is 9.59 Å². The third-order valence-electron chi connectivity index (χ3n) is 5.92. The van der Waals surface area contributed by atoms with Gasteiger partial charge in [0.15, 0.2) is 0 Å². The van der Waals surface area contributed by atoms with Crippen molar-refractivity contribution >= 4 is 28.6 Å². The van der Waals surface area contributed by atoms with E-state index in [9.17, 15) is 19.5 Å². The lowest BCUT2D eigenvalue weighted by molar-refractivity contribution is -0.134. The third-order valence-corrected chi connectivity index (χ3v) is 5.92. The van der Waals surface area contributed by atoms with Gasteiger partial charge in [0.25, 0.3) is 5.91 Å². The number of para-hydroxylation sites is 1. The lowest BCUT2D eigenvalue weighted by Gasteiger charge is -2.34. The summed E-state index contributed by atoms with van der Waals surface area (Å²) < 4.78 is 0. The largest absolute Gasteiger partial charge is 0.387 e. The molecule has 1 saturated heterocycles. The average Bonchev–Trinajstić information content (AvgIpc) is 3.30. The zero-order valence-electron chi connectivity index (χ0n) is 18.4. The number of rotatable bonds is 7.